The summed E-state index contributed by atoms with van der Waals surface area (Å²) in [5, 5.41) is 3.07. The van der Waals surface area contributed by atoms with Crippen LogP contribution in [0.2, 0.25) is 0 Å². The van der Waals surface area contributed by atoms with Gasteiger partial charge >= 0.3 is 12.1 Å². The monoisotopic (exact) mass is 543 g/mol. The van der Waals surface area contributed by atoms with Crippen LogP contribution in [0.15, 0.2) is 59.5 Å². The van der Waals surface area contributed by atoms with Crippen LogP contribution in [-0.2, 0) is 32.5 Å². The summed E-state index contributed by atoms with van der Waals surface area (Å²) in [6, 6.07) is 13.9. The van der Waals surface area contributed by atoms with E-state index in [0.29, 0.717) is 18.0 Å². The zero-order chi connectivity index (χ0) is 26.6. The minimum atomic E-state index is -3.84. The number of carbonyl (C=O) groups excluding carboxylic acids is 3. The summed E-state index contributed by atoms with van der Waals surface area (Å²) in [7, 11) is -2.54. The van der Waals surface area contributed by atoms with Gasteiger partial charge in [0.2, 0.25) is 0 Å². The maximum absolute atomic E-state index is 13.1. The fourth-order valence-electron chi connectivity index (χ4n) is 3.91. The molecule has 2 N–H and O–H groups in total. The predicted octanol–water partition coefficient (Wildman–Crippen LogP) is 4.10. The highest BCUT2D eigenvalue weighted by atomic mass is 32.2. The van der Waals surface area contributed by atoms with E-state index in [0.717, 1.165) is 10.4 Å². The van der Waals surface area contributed by atoms with Crippen molar-refractivity contribution in [2.75, 3.05) is 30.3 Å². The average molecular weight is 544 g/mol. The van der Waals surface area contributed by atoms with Crippen LogP contribution >= 0.6 is 11.3 Å². The summed E-state index contributed by atoms with van der Waals surface area (Å²) in [6.07, 6.45) is -0.0705. The van der Waals surface area contributed by atoms with Crippen LogP contribution in [-0.4, -0.2) is 51.5 Å². The Bertz CT molecular complexity index is 1440. The van der Waals surface area contributed by atoms with Gasteiger partial charge in [-0.05, 0) is 49.2 Å². The number of anilines is 2. The maximum atomic E-state index is 13.1. The zero-order valence-corrected chi connectivity index (χ0v) is 21.8. The van der Waals surface area contributed by atoms with Gasteiger partial charge in [0, 0.05) is 22.7 Å². The predicted molar refractivity (Wildman–Crippen MR) is 138 cm³/mol. The van der Waals surface area contributed by atoms with E-state index in [1.54, 1.807) is 31.2 Å². The third kappa shape index (κ3) is 5.75. The van der Waals surface area contributed by atoms with E-state index in [1.807, 2.05) is 0 Å². The van der Waals surface area contributed by atoms with Crippen LogP contribution in [0.5, 0.6) is 0 Å². The van der Waals surface area contributed by atoms with Gasteiger partial charge in [-0.25, -0.2) is 18.0 Å². The first-order valence-corrected chi connectivity index (χ1v) is 13.7. The number of thiophene rings is 1. The van der Waals surface area contributed by atoms with E-state index in [-0.39, 0.29) is 34.9 Å². The Balaban J connectivity index is 1.59. The second-order valence-electron chi connectivity index (χ2n) is 8.02. The van der Waals surface area contributed by atoms with Gasteiger partial charge < -0.3 is 19.7 Å². The molecule has 0 unspecified atom stereocenters. The van der Waals surface area contributed by atoms with Crippen molar-refractivity contribution in [1.82, 2.24) is 4.90 Å². The fourth-order valence-corrected chi connectivity index (χ4v) is 6.23. The Hall–Kier alpha value is -3.90. The minimum absolute atomic E-state index is 0.0918. The molecule has 0 bridgehead atoms. The number of hydrogen-bond donors (Lipinski definition) is 2. The van der Waals surface area contributed by atoms with Crippen molar-refractivity contribution in [3.8, 4) is 0 Å². The molecule has 2 heterocycles. The first-order valence-electron chi connectivity index (χ1n) is 11.4. The largest absolute Gasteiger partial charge is 0.462 e. The van der Waals surface area contributed by atoms with Crippen LogP contribution < -0.4 is 10.0 Å². The van der Waals surface area contributed by atoms with Gasteiger partial charge in [-0.2, -0.15) is 0 Å². The molecule has 0 aliphatic carbocycles. The molecule has 37 heavy (non-hydrogen) atoms. The SMILES string of the molecule is CCOC(=O)c1c(NC(=O)c2cccc(NS(=O)(=O)c3ccccc3)c2)sc2c1CCN(C(=O)OC)C2. The fraction of sp³-hybridized carbons (Fsp3) is 0.240. The molecular weight excluding hydrogens is 518 g/mol. The molecule has 2 aromatic carbocycles. The van der Waals surface area contributed by atoms with E-state index in [4.69, 9.17) is 9.47 Å². The highest BCUT2D eigenvalue weighted by Gasteiger charge is 2.31. The van der Waals surface area contributed by atoms with Crippen molar-refractivity contribution in [1.29, 1.82) is 0 Å². The molecule has 0 radical (unpaired) electrons. The van der Waals surface area contributed by atoms with E-state index in [1.165, 1.54) is 53.7 Å². The number of methoxy groups -OCH3 is 1. The van der Waals surface area contributed by atoms with Crippen molar-refractivity contribution < 1.29 is 32.3 Å². The molecule has 194 valence electrons. The molecular formula is C25H25N3O7S2. The Morgan fingerprint density at radius 2 is 1.84 bits per heavy atom. The summed E-state index contributed by atoms with van der Waals surface area (Å²) in [6.45, 7) is 2.45. The standard InChI is InChI=1S/C25H25N3O7S2/c1-3-35-24(30)21-19-12-13-28(25(31)34-2)15-20(19)36-23(21)26-22(29)16-8-7-9-17(14-16)27-37(32,33)18-10-5-4-6-11-18/h4-11,14,27H,3,12-13,15H2,1-2H3,(H,26,29). The number of sulfonamides is 1. The molecule has 0 saturated carbocycles. The molecule has 0 saturated heterocycles. The minimum Gasteiger partial charge on any atom is -0.462 e. The lowest BCUT2D eigenvalue weighted by atomic mass is 10.0. The Labute approximate surface area is 218 Å². The molecule has 10 nitrogen and oxygen atoms in total. The highest BCUT2D eigenvalue weighted by Crippen LogP contribution is 2.38. The first kappa shape index (κ1) is 26.2. The lowest BCUT2D eigenvalue weighted by Crippen LogP contribution is -2.35. The number of fused-ring (bicyclic) bond motifs is 1. The zero-order valence-electron chi connectivity index (χ0n) is 20.1. The number of carbonyl (C=O) groups is 3. The first-order chi connectivity index (χ1) is 17.7. The van der Waals surface area contributed by atoms with Crippen LogP contribution in [0.1, 0.15) is 38.1 Å². The van der Waals surface area contributed by atoms with Gasteiger partial charge in [0.15, 0.2) is 0 Å². The summed E-state index contributed by atoms with van der Waals surface area (Å²) < 4.78 is 37.8. The number of hydrogen-bond acceptors (Lipinski definition) is 8. The second kappa shape index (κ2) is 11.0. The van der Waals surface area contributed by atoms with Crippen molar-refractivity contribution in [3.05, 3.63) is 76.2 Å². The second-order valence-corrected chi connectivity index (χ2v) is 10.8. The summed E-state index contributed by atoms with van der Waals surface area (Å²) in [4.78, 5) is 40.3. The summed E-state index contributed by atoms with van der Waals surface area (Å²) in [5.74, 6) is -1.10. The van der Waals surface area contributed by atoms with Gasteiger partial charge in [0.25, 0.3) is 15.9 Å². The topological polar surface area (TPSA) is 131 Å². The molecule has 1 aliphatic heterocycles. The van der Waals surface area contributed by atoms with Gasteiger partial charge in [-0.15, -0.1) is 11.3 Å². The van der Waals surface area contributed by atoms with Crippen molar-refractivity contribution in [2.24, 2.45) is 0 Å². The molecule has 0 atom stereocenters. The summed E-state index contributed by atoms with van der Waals surface area (Å²) >= 11 is 1.19. The molecule has 4 rings (SSSR count). The number of esters is 1. The van der Waals surface area contributed by atoms with Crippen LogP contribution in [0.25, 0.3) is 0 Å². The van der Waals surface area contributed by atoms with Gasteiger partial charge in [0.05, 0.1) is 30.7 Å². The molecule has 1 aliphatic rings. The van der Waals surface area contributed by atoms with Gasteiger partial charge in [-0.3, -0.25) is 9.52 Å². The summed E-state index contributed by atoms with van der Waals surface area (Å²) in [5.41, 5.74) is 1.39. The Kier molecular flexibility index (Phi) is 7.79. The molecule has 3 aromatic rings. The van der Waals surface area contributed by atoms with Gasteiger partial charge in [-0.1, -0.05) is 24.3 Å². The highest BCUT2D eigenvalue weighted by molar-refractivity contribution is 7.92. The lowest BCUT2D eigenvalue weighted by Gasteiger charge is -2.25. The number of nitrogens with one attached hydrogen (secondary N) is 2. The number of benzene rings is 2. The molecule has 12 heteroatoms. The maximum Gasteiger partial charge on any atom is 0.409 e. The molecule has 0 fully saturated rings. The molecule has 1 aromatic heterocycles. The number of ether oxygens (including phenoxy) is 2. The lowest BCUT2D eigenvalue weighted by molar-refractivity contribution is 0.0526. The van der Waals surface area contributed by atoms with E-state index in [9.17, 15) is 22.8 Å². The van der Waals surface area contributed by atoms with E-state index in [2.05, 4.69) is 10.0 Å². The third-order valence-electron chi connectivity index (χ3n) is 5.63. The smallest absolute Gasteiger partial charge is 0.409 e. The van der Waals surface area contributed by atoms with Crippen molar-refractivity contribution in [3.63, 3.8) is 0 Å². The number of rotatable bonds is 7. The Morgan fingerprint density at radius 3 is 2.54 bits per heavy atom. The van der Waals surface area contributed by atoms with E-state index < -0.39 is 28.0 Å². The number of nitrogens with zero attached hydrogens (tertiary/aromatic N) is 1. The van der Waals surface area contributed by atoms with Crippen LogP contribution in [0.3, 0.4) is 0 Å². The van der Waals surface area contributed by atoms with Crippen molar-refractivity contribution in [2.45, 2.75) is 24.8 Å². The molecule has 2 amide bonds. The van der Waals surface area contributed by atoms with Crippen LogP contribution in [0.4, 0.5) is 15.5 Å². The third-order valence-corrected chi connectivity index (χ3v) is 8.16. The van der Waals surface area contributed by atoms with Crippen molar-refractivity contribution >= 4 is 50.0 Å². The van der Waals surface area contributed by atoms with Crippen LogP contribution in [0, 0.1) is 0 Å². The Morgan fingerprint density at radius 1 is 1.08 bits per heavy atom. The average Bonchev–Trinajstić information content (AvgIpc) is 3.25. The normalized spacial score (nSPS) is 12.9. The molecule has 0 spiro atoms. The van der Waals surface area contributed by atoms with E-state index >= 15 is 0 Å². The number of amides is 2. The quantitative estimate of drug-likeness (QED) is 0.429. The van der Waals surface area contributed by atoms with Gasteiger partial charge in [0.1, 0.15) is 5.00 Å².